The lowest BCUT2D eigenvalue weighted by molar-refractivity contribution is 0.329. The summed E-state index contributed by atoms with van der Waals surface area (Å²) in [5, 5.41) is 0. The molecule has 0 amide bonds. The Labute approximate surface area is 86.7 Å². The van der Waals surface area contributed by atoms with E-state index < -0.39 is 10.8 Å². The Kier molecular flexibility index (Phi) is 2.45. The average molecular weight is 210 g/mol. The smallest absolute Gasteiger partial charge is 0.0986 e. The zero-order valence-electron chi connectivity index (χ0n) is 8.40. The summed E-state index contributed by atoms with van der Waals surface area (Å²) in [6.45, 7) is 4.06. The molecule has 1 heterocycles. The topological polar surface area (TPSA) is 29.6 Å². The first kappa shape index (κ1) is 9.87. The van der Waals surface area contributed by atoms with Gasteiger partial charge < -0.3 is 4.74 Å². The lowest BCUT2D eigenvalue weighted by atomic mass is 10.2. The highest BCUT2D eigenvalue weighted by molar-refractivity contribution is 7.85. The van der Waals surface area contributed by atoms with E-state index in [0.717, 1.165) is 4.90 Å². The molecule has 0 aliphatic carbocycles. The number of hydrogen-bond acceptors (Lipinski definition) is 2. The first-order chi connectivity index (χ1) is 6.59. The Bertz CT molecular complexity index is 346. The molecule has 1 fully saturated rings. The maximum Gasteiger partial charge on any atom is 0.0986 e. The summed E-state index contributed by atoms with van der Waals surface area (Å²) in [6.07, 6.45) is 0.156. The van der Waals surface area contributed by atoms with E-state index in [2.05, 4.69) is 0 Å². The second-order valence-corrected chi connectivity index (χ2v) is 5.53. The fourth-order valence-electron chi connectivity index (χ4n) is 1.37. The van der Waals surface area contributed by atoms with Gasteiger partial charge in [-0.25, -0.2) is 0 Å². The highest BCUT2D eigenvalue weighted by Gasteiger charge is 2.48. The number of benzene rings is 1. The van der Waals surface area contributed by atoms with Gasteiger partial charge in [0.05, 0.1) is 28.3 Å². The van der Waals surface area contributed by atoms with Crippen LogP contribution in [0.25, 0.3) is 0 Å². The lowest BCUT2D eigenvalue weighted by Crippen LogP contribution is -2.11. The maximum absolute atomic E-state index is 11.8. The molecule has 1 aliphatic rings. The van der Waals surface area contributed by atoms with Crippen molar-refractivity contribution in [2.45, 2.75) is 30.4 Å². The SMILES string of the molecule is CC1(C)O[C@@H]1C[S@](=O)c1ccccc1. The first-order valence-electron chi connectivity index (χ1n) is 4.71. The Morgan fingerprint density at radius 1 is 1.36 bits per heavy atom. The van der Waals surface area contributed by atoms with Crippen molar-refractivity contribution in [2.75, 3.05) is 5.75 Å². The molecule has 2 nitrogen and oxygen atoms in total. The molecule has 0 radical (unpaired) electrons. The van der Waals surface area contributed by atoms with Crippen LogP contribution in [0.4, 0.5) is 0 Å². The monoisotopic (exact) mass is 210 g/mol. The van der Waals surface area contributed by atoms with Crippen molar-refractivity contribution >= 4 is 10.8 Å². The van der Waals surface area contributed by atoms with Gasteiger partial charge in [-0.1, -0.05) is 18.2 Å². The van der Waals surface area contributed by atoms with E-state index in [9.17, 15) is 4.21 Å². The number of epoxide rings is 1. The van der Waals surface area contributed by atoms with Crippen molar-refractivity contribution in [3.8, 4) is 0 Å². The van der Waals surface area contributed by atoms with Gasteiger partial charge in [-0.15, -0.1) is 0 Å². The fraction of sp³-hybridized carbons (Fsp3) is 0.455. The van der Waals surface area contributed by atoms with Crippen LogP contribution in [0.5, 0.6) is 0 Å². The van der Waals surface area contributed by atoms with Crippen LogP contribution in [-0.2, 0) is 15.5 Å². The van der Waals surface area contributed by atoms with Crippen molar-refractivity contribution in [3.63, 3.8) is 0 Å². The molecule has 3 heteroatoms. The Morgan fingerprint density at radius 3 is 2.43 bits per heavy atom. The Hall–Kier alpha value is -0.670. The van der Waals surface area contributed by atoms with Gasteiger partial charge in [0, 0.05) is 4.90 Å². The predicted octanol–water partition coefficient (Wildman–Crippen LogP) is 1.97. The van der Waals surface area contributed by atoms with Crippen LogP contribution in [0.3, 0.4) is 0 Å². The van der Waals surface area contributed by atoms with Crippen molar-refractivity contribution in [2.24, 2.45) is 0 Å². The summed E-state index contributed by atoms with van der Waals surface area (Å²) in [5.41, 5.74) is -0.0650. The maximum atomic E-state index is 11.8. The molecule has 0 unspecified atom stereocenters. The fourth-order valence-corrected chi connectivity index (χ4v) is 2.77. The van der Waals surface area contributed by atoms with Crippen molar-refractivity contribution in [3.05, 3.63) is 30.3 Å². The summed E-state index contributed by atoms with van der Waals surface area (Å²) in [7, 11) is -0.923. The highest BCUT2D eigenvalue weighted by Crippen LogP contribution is 2.36. The standard InChI is InChI=1S/C11H14O2S/c1-11(2)10(13-11)8-14(12)9-6-4-3-5-7-9/h3-7,10H,8H2,1-2H3/t10-,14+/m1/s1. The summed E-state index contributed by atoms with van der Waals surface area (Å²) in [5.74, 6) is 0.608. The minimum absolute atomic E-state index is 0.0650. The molecule has 1 aromatic carbocycles. The number of ether oxygens (including phenoxy) is 1. The van der Waals surface area contributed by atoms with Gasteiger partial charge >= 0.3 is 0 Å². The van der Waals surface area contributed by atoms with E-state index in [1.54, 1.807) is 0 Å². The molecule has 0 spiro atoms. The van der Waals surface area contributed by atoms with Gasteiger partial charge in [0.25, 0.3) is 0 Å². The average Bonchev–Trinajstić information content (AvgIpc) is 2.75. The quantitative estimate of drug-likeness (QED) is 0.714. The zero-order valence-corrected chi connectivity index (χ0v) is 9.21. The highest BCUT2D eigenvalue weighted by atomic mass is 32.2. The second kappa shape index (κ2) is 3.48. The van der Waals surface area contributed by atoms with E-state index in [1.807, 2.05) is 44.2 Å². The molecule has 0 aromatic heterocycles. The van der Waals surface area contributed by atoms with Crippen LogP contribution in [0.1, 0.15) is 13.8 Å². The van der Waals surface area contributed by atoms with E-state index >= 15 is 0 Å². The molecule has 14 heavy (non-hydrogen) atoms. The normalized spacial score (nSPS) is 25.7. The molecule has 0 N–H and O–H groups in total. The summed E-state index contributed by atoms with van der Waals surface area (Å²) in [6, 6.07) is 9.54. The molecular weight excluding hydrogens is 196 g/mol. The molecule has 1 aromatic rings. The number of hydrogen-bond donors (Lipinski definition) is 0. The molecular formula is C11H14O2S. The van der Waals surface area contributed by atoms with Crippen molar-refractivity contribution < 1.29 is 8.95 Å². The molecule has 1 aliphatic heterocycles. The molecule has 2 atom stereocenters. The third-order valence-electron chi connectivity index (χ3n) is 2.47. The van der Waals surface area contributed by atoms with Gasteiger partial charge in [-0.05, 0) is 26.0 Å². The van der Waals surface area contributed by atoms with Gasteiger partial charge in [0.1, 0.15) is 0 Å². The molecule has 76 valence electrons. The van der Waals surface area contributed by atoms with Crippen LogP contribution >= 0.6 is 0 Å². The molecule has 0 saturated carbocycles. The molecule has 0 bridgehead atoms. The second-order valence-electron chi connectivity index (χ2n) is 4.04. The summed E-state index contributed by atoms with van der Waals surface area (Å²) < 4.78 is 17.2. The van der Waals surface area contributed by atoms with Crippen molar-refractivity contribution in [1.29, 1.82) is 0 Å². The third kappa shape index (κ3) is 2.04. The van der Waals surface area contributed by atoms with Crippen LogP contribution in [0.2, 0.25) is 0 Å². The summed E-state index contributed by atoms with van der Waals surface area (Å²) in [4.78, 5) is 0.888. The van der Waals surface area contributed by atoms with Crippen LogP contribution in [-0.4, -0.2) is 21.7 Å². The molecule has 1 saturated heterocycles. The predicted molar refractivity (Wildman–Crippen MR) is 56.7 cm³/mol. The van der Waals surface area contributed by atoms with Gasteiger partial charge in [0.2, 0.25) is 0 Å². The van der Waals surface area contributed by atoms with Crippen molar-refractivity contribution in [1.82, 2.24) is 0 Å². The van der Waals surface area contributed by atoms with Gasteiger partial charge in [-0.2, -0.15) is 0 Å². The zero-order chi connectivity index (χ0) is 10.2. The number of rotatable bonds is 3. The van der Waals surface area contributed by atoms with Crippen LogP contribution < -0.4 is 0 Å². The summed E-state index contributed by atoms with van der Waals surface area (Å²) >= 11 is 0. The van der Waals surface area contributed by atoms with Gasteiger partial charge in [0.15, 0.2) is 0 Å². The third-order valence-corrected chi connectivity index (χ3v) is 3.88. The van der Waals surface area contributed by atoms with E-state index in [1.165, 1.54) is 0 Å². The Morgan fingerprint density at radius 2 is 1.93 bits per heavy atom. The largest absolute Gasteiger partial charge is 0.366 e. The van der Waals surface area contributed by atoms with Crippen LogP contribution in [0.15, 0.2) is 35.2 Å². The van der Waals surface area contributed by atoms with Gasteiger partial charge in [-0.3, -0.25) is 4.21 Å². The lowest BCUT2D eigenvalue weighted by Gasteiger charge is -1.99. The minimum Gasteiger partial charge on any atom is -0.366 e. The first-order valence-corrected chi connectivity index (χ1v) is 6.03. The van der Waals surface area contributed by atoms with Crippen LogP contribution in [0, 0.1) is 0 Å². The molecule has 2 rings (SSSR count). The minimum atomic E-state index is -0.923. The Balaban J connectivity index is 1.98. The van der Waals surface area contributed by atoms with E-state index in [4.69, 9.17) is 4.74 Å². The van der Waals surface area contributed by atoms with E-state index in [0.29, 0.717) is 5.75 Å². The van der Waals surface area contributed by atoms with E-state index in [-0.39, 0.29) is 11.7 Å².